The highest BCUT2D eigenvalue weighted by Crippen LogP contribution is 2.19. The van der Waals surface area contributed by atoms with E-state index in [9.17, 15) is 9.59 Å². The maximum absolute atomic E-state index is 12.5. The fraction of sp³-hybridized carbons (Fsp3) is 0.300. The summed E-state index contributed by atoms with van der Waals surface area (Å²) in [4.78, 5) is 26.1. The fourth-order valence-electron chi connectivity index (χ4n) is 2.56. The summed E-state index contributed by atoms with van der Waals surface area (Å²) in [6, 6.07) is 14.8. The summed E-state index contributed by atoms with van der Waals surface area (Å²) in [5.74, 6) is 0.634. The lowest BCUT2D eigenvalue weighted by molar-refractivity contribution is 0.0784. The second-order valence-corrected chi connectivity index (χ2v) is 6.33. The van der Waals surface area contributed by atoms with E-state index >= 15 is 0 Å². The monoisotopic (exact) mass is 338 g/mol. The molecular weight excluding hydrogens is 316 g/mol. The first-order valence-electron chi connectivity index (χ1n) is 8.36. The molecule has 0 aromatic heterocycles. The SMILES string of the molecule is COc1ccc(C(=O)N(C)Cc2ccc(C(=O)NC3CC3)cc2)cc1. The minimum Gasteiger partial charge on any atom is -0.497 e. The Hall–Kier alpha value is -2.82. The van der Waals surface area contributed by atoms with Crippen LogP contribution in [0.4, 0.5) is 0 Å². The second-order valence-electron chi connectivity index (χ2n) is 6.33. The number of hydrogen-bond acceptors (Lipinski definition) is 3. The molecule has 1 N–H and O–H groups in total. The van der Waals surface area contributed by atoms with Crippen molar-refractivity contribution >= 4 is 11.8 Å². The van der Waals surface area contributed by atoms with Gasteiger partial charge < -0.3 is 15.0 Å². The Morgan fingerprint density at radius 1 is 1.04 bits per heavy atom. The first-order chi connectivity index (χ1) is 12.1. The summed E-state index contributed by atoms with van der Waals surface area (Å²) >= 11 is 0. The summed E-state index contributed by atoms with van der Waals surface area (Å²) in [5, 5.41) is 2.97. The van der Waals surface area contributed by atoms with Crippen LogP contribution in [0.15, 0.2) is 48.5 Å². The third-order valence-corrected chi connectivity index (χ3v) is 4.23. The molecule has 5 nitrogen and oxygen atoms in total. The molecule has 3 rings (SSSR count). The van der Waals surface area contributed by atoms with Gasteiger partial charge in [0.1, 0.15) is 5.75 Å². The van der Waals surface area contributed by atoms with Gasteiger partial charge in [-0.15, -0.1) is 0 Å². The molecule has 0 radical (unpaired) electrons. The first kappa shape index (κ1) is 17.0. The van der Waals surface area contributed by atoms with E-state index in [2.05, 4.69) is 5.32 Å². The highest BCUT2D eigenvalue weighted by molar-refractivity contribution is 5.95. The molecular formula is C20H22N2O3. The topological polar surface area (TPSA) is 58.6 Å². The van der Waals surface area contributed by atoms with Gasteiger partial charge in [-0.05, 0) is 54.8 Å². The maximum atomic E-state index is 12.5. The second kappa shape index (κ2) is 7.38. The Balaban J connectivity index is 1.60. The average Bonchev–Trinajstić information content (AvgIpc) is 3.45. The van der Waals surface area contributed by atoms with Crippen molar-refractivity contribution < 1.29 is 14.3 Å². The zero-order chi connectivity index (χ0) is 17.8. The van der Waals surface area contributed by atoms with E-state index in [1.165, 1.54) is 0 Å². The molecule has 2 amide bonds. The van der Waals surface area contributed by atoms with Gasteiger partial charge in [-0.1, -0.05) is 12.1 Å². The lowest BCUT2D eigenvalue weighted by Crippen LogP contribution is -2.26. The highest BCUT2D eigenvalue weighted by atomic mass is 16.5. The Bertz CT molecular complexity index is 750. The van der Waals surface area contributed by atoms with Crippen LogP contribution in [0.5, 0.6) is 5.75 Å². The van der Waals surface area contributed by atoms with E-state index in [4.69, 9.17) is 4.74 Å². The molecule has 5 heteroatoms. The van der Waals surface area contributed by atoms with Crippen molar-refractivity contribution in [3.63, 3.8) is 0 Å². The Morgan fingerprint density at radius 3 is 2.20 bits per heavy atom. The summed E-state index contributed by atoms with van der Waals surface area (Å²) in [5.41, 5.74) is 2.25. The molecule has 0 aliphatic heterocycles. The summed E-state index contributed by atoms with van der Waals surface area (Å²) in [7, 11) is 3.36. The molecule has 0 bridgehead atoms. The Kier molecular flexibility index (Phi) is 5.03. The number of carbonyl (C=O) groups is 2. The largest absolute Gasteiger partial charge is 0.497 e. The molecule has 2 aromatic carbocycles. The van der Waals surface area contributed by atoms with Gasteiger partial charge in [-0.3, -0.25) is 9.59 Å². The van der Waals surface area contributed by atoms with E-state index in [1.807, 2.05) is 12.1 Å². The van der Waals surface area contributed by atoms with Crippen LogP contribution in [-0.4, -0.2) is 36.9 Å². The van der Waals surface area contributed by atoms with Crippen LogP contribution in [0.25, 0.3) is 0 Å². The molecule has 0 atom stereocenters. The van der Waals surface area contributed by atoms with Crippen LogP contribution in [0.2, 0.25) is 0 Å². The van der Waals surface area contributed by atoms with Gasteiger partial charge in [0, 0.05) is 30.8 Å². The highest BCUT2D eigenvalue weighted by Gasteiger charge is 2.23. The lowest BCUT2D eigenvalue weighted by atomic mass is 10.1. The Morgan fingerprint density at radius 2 is 1.64 bits per heavy atom. The quantitative estimate of drug-likeness (QED) is 0.881. The predicted molar refractivity (Wildman–Crippen MR) is 95.7 cm³/mol. The van der Waals surface area contributed by atoms with Crippen molar-refractivity contribution in [1.82, 2.24) is 10.2 Å². The third-order valence-electron chi connectivity index (χ3n) is 4.23. The van der Waals surface area contributed by atoms with E-state index in [1.54, 1.807) is 55.5 Å². The van der Waals surface area contributed by atoms with Crippen LogP contribution >= 0.6 is 0 Å². The number of nitrogens with one attached hydrogen (secondary N) is 1. The number of hydrogen-bond donors (Lipinski definition) is 1. The van der Waals surface area contributed by atoms with Gasteiger partial charge in [0.2, 0.25) is 0 Å². The van der Waals surface area contributed by atoms with Crippen molar-refractivity contribution in [1.29, 1.82) is 0 Å². The van der Waals surface area contributed by atoms with Gasteiger partial charge in [0.25, 0.3) is 11.8 Å². The number of benzene rings is 2. The zero-order valence-corrected chi connectivity index (χ0v) is 14.5. The smallest absolute Gasteiger partial charge is 0.253 e. The van der Waals surface area contributed by atoms with Crippen molar-refractivity contribution in [2.75, 3.05) is 14.2 Å². The van der Waals surface area contributed by atoms with Crippen LogP contribution in [0.3, 0.4) is 0 Å². The van der Waals surface area contributed by atoms with Crippen molar-refractivity contribution in [3.8, 4) is 5.75 Å². The van der Waals surface area contributed by atoms with E-state index in [-0.39, 0.29) is 11.8 Å². The number of methoxy groups -OCH3 is 1. The van der Waals surface area contributed by atoms with Gasteiger partial charge in [-0.25, -0.2) is 0 Å². The molecule has 0 spiro atoms. The molecule has 1 saturated carbocycles. The third kappa shape index (κ3) is 4.38. The average molecular weight is 338 g/mol. The van der Waals surface area contributed by atoms with Crippen LogP contribution in [0.1, 0.15) is 39.1 Å². The molecule has 1 aliphatic carbocycles. The Labute approximate surface area is 147 Å². The fourth-order valence-corrected chi connectivity index (χ4v) is 2.56. The summed E-state index contributed by atoms with van der Waals surface area (Å²) < 4.78 is 5.11. The van der Waals surface area contributed by atoms with Crippen molar-refractivity contribution in [2.45, 2.75) is 25.4 Å². The van der Waals surface area contributed by atoms with Crippen LogP contribution in [0, 0.1) is 0 Å². The van der Waals surface area contributed by atoms with E-state index in [0.717, 1.165) is 24.2 Å². The lowest BCUT2D eigenvalue weighted by Gasteiger charge is -2.17. The molecule has 0 saturated heterocycles. The minimum atomic E-state index is -0.0572. The number of nitrogens with zero attached hydrogens (tertiary/aromatic N) is 1. The van der Waals surface area contributed by atoms with Gasteiger partial charge >= 0.3 is 0 Å². The molecule has 2 aromatic rings. The molecule has 0 unspecified atom stereocenters. The maximum Gasteiger partial charge on any atom is 0.253 e. The van der Waals surface area contributed by atoms with E-state index in [0.29, 0.717) is 23.7 Å². The van der Waals surface area contributed by atoms with Crippen molar-refractivity contribution in [2.24, 2.45) is 0 Å². The molecule has 130 valence electrons. The molecule has 1 fully saturated rings. The molecule has 25 heavy (non-hydrogen) atoms. The molecule has 0 heterocycles. The van der Waals surface area contributed by atoms with Crippen LogP contribution in [-0.2, 0) is 6.54 Å². The normalized spacial score (nSPS) is 13.2. The summed E-state index contributed by atoms with van der Waals surface area (Å²) in [6.07, 6.45) is 2.14. The van der Waals surface area contributed by atoms with E-state index < -0.39 is 0 Å². The summed E-state index contributed by atoms with van der Waals surface area (Å²) in [6.45, 7) is 0.482. The number of carbonyl (C=O) groups excluding carboxylic acids is 2. The van der Waals surface area contributed by atoms with Gasteiger partial charge in [0.05, 0.1) is 7.11 Å². The number of rotatable bonds is 6. The number of amides is 2. The zero-order valence-electron chi connectivity index (χ0n) is 14.5. The predicted octanol–water partition coefficient (Wildman–Crippen LogP) is 2.86. The van der Waals surface area contributed by atoms with Gasteiger partial charge in [-0.2, -0.15) is 0 Å². The van der Waals surface area contributed by atoms with Crippen LogP contribution < -0.4 is 10.1 Å². The first-order valence-corrected chi connectivity index (χ1v) is 8.36. The van der Waals surface area contributed by atoms with Crippen molar-refractivity contribution in [3.05, 3.63) is 65.2 Å². The minimum absolute atomic E-state index is 0.0308. The standard InChI is InChI=1S/C20H22N2O3/c1-22(20(24)16-7-11-18(25-2)12-8-16)13-14-3-5-15(6-4-14)19(23)21-17-9-10-17/h3-8,11-12,17H,9-10,13H2,1-2H3,(H,21,23). The van der Waals surface area contributed by atoms with Gasteiger partial charge in [0.15, 0.2) is 0 Å². The molecule has 1 aliphatic rings. The number of ether oxygens (including phenoxy) is 1.